The van der Waals surface area contributed by atoms with E-state index in [0.29, 0.717) is 12.8 Å². The van der Waals surface area contributed by atoms with E-state index in [-0.39, 0.29) is 5.56 Å². The second-order valence-electron chi connectivity index (χ2n) is 4.36. The molecule has 0 aliphatic carbocycles. The van der Waals surface area contributed by atoms with Gasteiger partial charge in [-0.1, -0.05) is 6.07 Å². The molecule has 1 atom stereocenters. The number of nitrogens with two attached hydrogens (primary N) is 1. The second kappa shape index (κ2) is 5.44. The van der Waals surface area contributed by atoms with Gasteiger partial charge in [0.2, 0.25) is 0 Å². The van der Waals surface area contributed by atoms with Crippen molar-refractivity contribution in [2.24, 2.45) is 12.8 Å². The van der Waals surface area contributed by atoms with Crippen molar-refractivity contribution in [3.05, 3.63) is 53.1 Å². The van der Waals surface area contributed by atoms with E-state index in [9.17, 15) is 13.2 Å². The Kier molecular flexibility index (Phi) is 3.90. The van der Waals surface area contributed by atoms with Crippen LogP contribution in [0.25, 0.3) is 0 Å². The molecule has 3 nitrogen and oxygen atoms in total. The fourth-order valence-electron chi connectivity index (χ4n) is 1.93. The van der Waals surface area contributed by atoms with Crippen LogP contribution in [0.4, 0.5) is 13.2 Å². The van der Waals surface area contributed by atoms with Gasteiger partial charge in [0.1, 0.15) is 0 Å². The van der Waals surface area contributed by atoms with E-state index in [4.69, 9.17) is 5.73 Å². The maximum atomic E-state index is 13.5. The number of nitrogens with zero attached hydrogens (tertiary/aromatic N) is 2. The van der Waals surface area contributed by atoms with Crippen molar-refractivity contribution in [3.8, 4) is 0 Å². The van der Waals surface area contributed by atoms with Gasteiger partial charge in [-0.25, -0.2) is 13.2 Å². The van der Waals surface area contributed by atoms with Crippen molar-refractivity contribution < 1.29 is 13.2 Å². The van der Waals surface area contributed by atoms with Crippen LogP contribution in [0.5, 0.6) is 0 Å². The highest BCUT2D eigenvalue weighted by Gasteiger charge is 2.18. The first-order valence-electron chi connectivity index (χ1n) is 5.86. The van der Waals surface area contributed by atoms with Crippen LogP contribution < -0.4 is 5.73 Å². The maximum Gasteiger partial charge on any atom is 0.194 e. The third-order valence-electron chi connectivity index (χ3n) is 3.10. The molecule has 0 amide bonds. The first-order chi connectivity index (χ1) is 9.00. The summed E-state index contributed by atoms with van der Waals surface area (Å²) in [7, 11) is 1.79. The van der Waals surface area contributed by atoms with E-state index in [0.717, 1.165) is 11.8 Å². The molecular weight excluding hydrogens is 255 g/mol. The summed E-state index contributed by atoms with van der Waals surface area (Å²) in [6.07, 6.45) is 2.65. The van der Waals surface area contributed by atoms with E-state index in [1.54, 1.807) is 17.9 Å². The number of hydrogen-bond donors (Lipinski definition) is 1. The van der Waals surface area contributed by atoms with Gasteiger partial charge in [-0.2, -0.15) is 5.10 Å². The number of halogens is 3. The van der Waals surface area contributed by atoms with E-state index in [1.165, 1.54) is 6.07 Å². The monoisotopic (exact) mass is 269 g/mol. The van der Waals surface area contributed by atoms with E-state index in [2.05, 4.69) is 5.10 Å². The van der Waals surface area contributed by atoms with Gasteiger partial charge in [0.15, 0.2) is 17.5 Å². The fourth-order valence-corrected chi connectivity index (χ4v) is 1.93. The molecule has 2 rings (SSSR count). The number of aryl methyl sites for hydroxylation is 2. The molecular formula is C13H14F3N3. The number of rotatable bonds is 4. The molecule has 1 unspecified atom stereocenters. The summed E-state index contributed by atoms with van der Waals surface area (Å²) >= 11 is 0. The zero-order valence-corrected chi connectivity index (χ0v) is 10.4. The second-order valence-corrected chi connectivity index (χ2v) is 4.36. The minimum Gasteiger partial charge on any atom is -0.324 e. The zero-order valence-electron chi connectivity index (χ0n) is 10.4. The molecule has 1 heterocycles. The number of aromatic nitrogens is 2. The molecule has 0 spiro atoms. The molecule has 0 saturated heterocycles. The average Bonchev–Trinajstić information content (AvgIpc) is 2.79. The molecule has 0 aliphatic heterocycles. The van der Waals surface area contributed by atoms with Crippen LogP contribution in [0.15, 0.2) is 24.4 Å². The van der Waals surface area contributed by atoms with Crippen LogP contribution >= 0.6 is 0 Å². The lowest BCUT2D eigenvalue weighted by Crippen LogP contribution is -2.15. The van der Waals surface area contributed by atoms with E-state index in [1.807, 2.05) is 6.07 Å². The molecule has 0 fully saturated rings. The molecule has 6 heteroatoms. The number of benzene rings is 1. The lowest BCUT2D eigenvalue weighted by atomic mass is 10.0. The van der Waals surface area contributed by atoms with Crippen molar-refractivity contribution >= 4 is 0 Å². The highest BCUT2D eigenvalue weighted by molar-refractivity contribution is 5.23. The summed E-state index contributed by atoms with van der Waals surface area (Å²) in [4.78, 5) is 0. The fraction of sp³-hybridized carbons (Fsp3) is 0.308. The van der Waals surface area contributed by atoms with E-state index >= 15 is 0 Å². The lowest BCUT2D eigenvalue weighted by Gasteiger charge is -2.13. The number of hydrogen-bond acceptors (Lipinski definition) is 2. The Morgan fingerprint density at radius 2 is 1.95 bits per heavy atom. The van der Waals surface area contributed by atoms with Gasteiger partial charge in [0.25, 0.3) is 0 Å². The summed E-state index contributed by atoms with van der Waals surface area (Å²) in [6, 6.07) is 3.21. The predicted octanol–water partition coefficient (Wildman–Crippen LogP) is 2.47. The summed E-state index contributed by atoms with van der Waals surface area (Å²) in [5.41, 5.74) is 6.75. The Labute approximate surface area is 108 Å². The third-order valence-corrected chi connectivity index (χ3v) is 3.10. The topological polar surface area (TPSA) is 43.8 Å². The first kappa shape index (κ1) is 13.6. The third kappa shape index (κ3) is 2.78. The van der Waals surface area contributed by atoms with Gasteiger partial charge < -0.3 is 5.73 Å². The van der Waals surface area contributed by atoms with Gasteiger partial charge in [0.05, 0.1) is 0 Å². The van der Waals surface area contributed by atoms with Gasteiger partial charge in [-0.3, -0.25) is 4.68 Å². The minimum atomic E-state index is -1.48. The molecule has 0 aliphatic rings. The molecule has 102 valence electrons. The molecule has 0 saturated carbocycles. The molecule has 19 heavy (non-hydrogen) atoms. The highest BCUT2D eigenvalue weighted by atomic mass is 19.2. The average molecular weight is 269 g/mol. The summed E-state index contributed by atoms with van der Waals surface area (Å²) < 4.78 is 41.2. The standard InChI is InChI=1S/C13H14F3N3/c1-19-8(6-7-18-19)2-5-11(17)9-3-4-10(14)13(16)12(9)15/h3-4,6-7,11H,2,5,17H2,1H3. The highest BCUT2D eigenvalue weighted by Crippen LogP contribution is 2.23. The van der Waals surface area contributed by atoms with Crippen LogP contribution in [0.3, 0.4) is 0 Å². The molecule has 0 bridgehead atoms. The van der Waals surface area contributed by atoms with Crippen molar-refractivity contribution in [1.82, 2.24) is 9.78 Å². The van der Waals surface area contributed by atoms with Gasteiger partial charge in [0, 0.05) is 30.5 Å². The SMILES string of the molecule is Cn1nccc1CCC(N)c1ccc(F)c(F)c1F. The van der Waals surface area contributed by atoms with Crippen LogP contribution in [0.1, 0.15) is 23.7 Å². The largest absolute Gasteiger partial charge is 0.324 e. The Morgan fingerprint density at radius 1 is 1.21 bits per heavy atom. The quantitative estimate of drug-likeness (QED) is 0.866. The predicted molar refractivity (Wildman–Crippen MR) is 64.8 cm³/mol. The molecule has 1 aromatic carbocycles. The van der Waals surface area contributed by atoms with Gasteiger partial charge in [-0.15, -0.1) is 0 Å². The van der Waals surface area contributed by atoms with Gasteiger partial charge in [-0.05, 0) is 25.0 Å². The molecule has 0 radical (unpaired) electrons. The minimum absolute atomic E-state index is 0.0129. The Hall–Kier alpha value is -1.82. The van der Waals surface area contributed by atoms with Gasteiger partial charge >= 0.3 is 0 Å². The van der Waals surface area contributed by atoms with Crippen LogP contribution in [-0.2, 0) is 13.5 Å². The van der Waals surface area contributed by atoms with Crippen LogP contribution in [0, 0.1) is 17.5 Å². The Balaban J connectivity index is 2.10. The smallest absolute Gasteiger partial charge is 0.194 e. The Morgan fingerprint density at radius 3 is 2.58 bits per heavy atom. The summed E-state index contributed by atoms with van der Waals surface area (Å²) in [6.45, 7) is 0. The molecule has 2 aromatic rings. The van der Waals surface area contributed by atoms with Crippen LogP contribution in [0.2, 0.25) is 0 Å². The van der Waals surface area contributed by atoms with Crippen molar-refractivity contribution in [2.75, 3.05) is 0 Å². The first-order valence-corrected chi connectivity index (χ1v) is 5.86. The molecule has 2 N–H and O–H groups in total. The van der Waals surface area contributed by atoms with Crippen molar-refractivity contribution in [2.45, 2.75) is 18.9 Å². The summed E-state index contributed by atoms with van der Waals surface area (Å²) in [5, 5.41) is 4.00. The van der Waals surface area contributed by atoms with E-state index < -0.39 is 23.5 Å². The summed E-state index contributed by atoms with van der Waals surface area (Å²) in [5.74, 6) is -3.90. The van der Waals surface area contributed by atoms with Crippen molar-refractivity contribution in [1.29, 1.82) is 0 Å². The zero-order chi connectivity index (χ0) is 14.0. The van der Waals surface area contributed by atoms with Crippen LogP contribution in [-0.4, -0.2) is 9.78 Å². The molecule has 1 aromatic heterocycles. The Bertz CT molecular complexity index is 581. The lowest BCUT2D eigenvalue weighted by molar-refractivity contribution is 0.433. The maximum absolute atomic E-state index is 13.5. The van der Waals surface area contributed by atoms with Crippen molar-refractivity contribution in [3.63, 3.8) is 0 Å². The normalized spacial score (nSPS) is 12.7.